The average molecular weight is 323 g/mol. The van der Waals surface area contributed by atoms with Crippen molar-refractivity contribution in [2.24, 2.45) is 5.92 Å². The van der Waals surface area contributed by atoms with Gasteiger partial charge in [0.05, 0.1) is 19.8 Å². The van der Waals surface area contributed by atoms with Gasteiger partial charge in [-0.2, -0.15) is 0 Å². The molecule has 0 saturated heterocycles. The summed E-state index contributed by atoms with van der Waals surface area (Å²) in [6.07, 6.45) is 0.594. The molecule has 2 atom stereocenters. The zero-order chi connectivity index (χ0) is 17.2. The van der Waals surface area contributed by atoms with Gasteiger partial charge in [-0.25, -0.2) is 0 Å². The summed E-state index contributed by atoms with van der Waals surface area (Å²) in [5.74, 6) is 1.36. The maximum absolute atomic E-state index is 10.3. The van der Waals surface area contributed by atoms with Gasteiger partial charge in [-0.1, -0.05) is 32.9 Å². The molecule has 1 aromatic rings. The van der Waals surface area contributed by atoms with Gasteiger partial charge in [-0.3, -0.25) is 4.90 Å². The Morgan fingerprint density at radius 1 is 1.09 bits per heavy atom. The molecule has 1 aromatic carbocycles. The van der Waals surface area contributed by atoms with Crippen molar-refractivity contribution in [1.29, 1.82) is 0 Å². The molecule has 0 saturated carbocycles. The van der Waals surface area contributed by atoms with Crippen LogP contribution in [0.25, 0.3) is 0 Å². The molecule has 4 heteroatoms. The quantitative estimate of drug-likeness (QED) is 0.678. The summed E-state index contributed by atoms with van der Waals surface area (Å²) < 4.78 is 10.8. The van der Waals surface area contributed by atoms with Crippen molar-refractivity contribution in [3.63, 3.8) is 0 Å². The third-order valence-corrected chi connectivity index (χ3v) is 3.97. The molecule has 0 unspecified atom stereocenters. The van der Waals surface area contributed by atoms with E-state index in [0.717, 1.165) is 18.7 Å². The van der Waals surface area contributed by atoms with Crippen molar-refractivity contribution in [1.82, 2.24) is 4.90 Å². The van der Waals surface area contributed by atoms with E-state index in [4.69, 9.17) is 9.47 Å². The first-order valence-electron chi connectivity index (χ1n) is 8.59. The number of hydrogen-bond donors (Lipinski definition) is 1. The minimum Gasteiger partial charge on any atom is -0.497 e. The van der Waals surface area contributed by atoms with Crippen molar-refractivity contribution in [2.45, 2.75) is 52.8 Å². The molecule has 0 fully saturated rings. The van der Waals surface area contributed by atoms with E-state index in [1.165, 1.54) is 5.56 Å². The van der Waals surface area contributed by atoms with Crippen LogP contribution < -0.4 is 4.74 Å². The normalized spacial score (nSPS) is 14.3. The number of aliphatic hydroxyl groups is 1. The second kappa shape index (κ2) is 10.6. The predicted molar refractivity (Wildman–Crippen MR) is 94.8 cm³/mol. The van der Waals surface area contributed by atoms with Gasteiger partial charge < -0.3 is 14.6 Å². The van der Waals surface area contributed by atoms with Gasteiger partial charge in [0, 0.05) is 25.7 Å². The molecule has 0 aliphatic heterocycles. The van der Waals surface area contributed by atoms with Gasteiger partial charge in [0.25, 0.3) is 0 Å². The third kappa shape index (κ3) is 7.82. The summed E-state index contributed by atoms with van der Waals surface area (Å²) in [7, 11) is 1.67. The first-order valence-corrected chi connectivity index (χ1v) is 8.59. The minimum atomic E-state index is -0.457. The molecule has 23 heavy (non-hydrogen) atoms. The van der Waals surface area contributed by atoms with Crippen molar-refractivity contribution < 1.29 is 14.6 Å². The van der Waals surface area contributed by atoms with Gasteiger partial charge in [-0.15, -0.1) is 0 Å². The average Bonchev–Trinajstić information content (AvgIpc) is 2.53. The summed E-state index contributed by atoms with van der Waals surface area (Å²) >= 11 is 0. The first-order chi connectivity index (χ1) is 11.0. The van der Waals surface area contributed by atoms with E-state index in [0.29, 0.717) is 31.7 Å². The SMILES string of the molecule is CC[C@H](C)N(Cc1ccc(OC)cc1)C[C@H](O)COCC(C)C. The lowest BCUT2D eigenvalue weighted by atomic mass is 10.1. The Hall–Kier alpha value is -1.10. The molecule has 0 spiro atoms. The highest BCUT2D eigenvalue weighted by molar-refractivity contribution is 5.27. The Morgan fingerprint density at radius 3 is 2.26 bits per heavy atom. The standard InChI is InChI=1S/C19H33NO3/c1-6-16(4)20(12-18(21)14-23-13-15(2)3)11-17-7-9-19(22-5)10-8-17/h7-10,15-16,18,21H,6,11-14H2,1-5H3/t16-,18-/m0/s1. The van der Waals surface area contributed by atoms with Gasteiger partial charge >= 0.3 is 0 Å². The summed E-state index contributed by atoms with van der Waals surface area (Å²) in [6, 6.07) is 8.53. The van der Waals surface area contributed by atoms with Gasteiger partial charge in [0.1, 0.15) is 5.75 Å². The van der Waals surface area contributed by atoms with Crippen LogP contribution in [0.5, 0.6) is 5.75 Å². The zero-order valence-corrected chi connectivity index (χ0v) is 15.3. The Balaban J connectivity index is 2.57. The van der Waals surface area contributed by atoms with Crippen LogP contribution >= 0.6 is 0 Å². The van der Waals surface area contributed by atoms with Crippen molar-refractivity contribution in [2.75, 3.05) is 26.9 Å². The predicted octanol–water partition coefficient (Wildman–Crippen LogP) is 3.33. The van der Waals surface area contributed by atoms with Crippen LogP contribution in [0, 0.1) is 5.92 Å². The molecule has 1 N–H and O–H groups in total. The number of benzene rings is 1. The fourth-order valence-electron chi connectivity index (χ4n) is 2.39. The smallest absolute Gasteiger partial charge is 0.118 e. The van der Waals surface area contributed by atoms with Gasteiger partial charge in [-0.05, 0) is 37.0 Å². The number of ether oxygens (including phenoxy) is 2. The van der Waals surface area contributed by atoms with Crippen LogP contribution in [-0.4, -0.2) is 49.0 Å². The largest absolute Gasteiger partial charge is 0.497 e. The molecule has 0 amide bonds. The van der Waals surface area contributed by atoms with Crippen molar-refractivity contribution in [3.05, 3.63) is 29.8 Å². The summed E-state index contributed by atoms with van der Waals surface area (Å²) in [5.41, 5.74) is 1.22. The summed E-state index contributed by atoms with van der Waals surface area (Å²) in [4.78, 5) is 2.31. The molecular weight excluding hydrogens is 290 g/mol. The number of methoxy groups -OCH3 is 1. The van der Waals surface area contributed by atoms with Gasteiger partial charge in [0.15, 0.2) is 0 Å². The Bertz CT molecular complexity index is 419. The second-order valence-electron chi connectivity index (χ2n) is 6.62. The first kappa shape index (κ1) is 19.9. The number of nitrogens with zero attached hydrogens (tertiary/aromatic N) is 1. The van der Waals surface area contributed by atoms with E-state index in [2.05, 4.69) is 44.7 Å². The van der Waals surface area contributed by atoms with E-state index >= 15 is 0 Å². The maximum Gasteiger partial charge on any atom is 0.118 e. The molecule has 132 valence electrons. The molecule has 4 nitrogen and oxygen atoms in total. The van der Waals surface area contributed by atoms with Crippen molar-refractivity contribution in [3.8, 4) is 5.75 Å². The lowest BCUT2D eigenvalue weighted by molar-refractivity contribution is 0.000120. The Labute approximate surface area is 141 Å². The van der Waals surface area contributed by atoms with Crippen LogP contribution in [0.2, 0.25) is 0 Å². The highest BCUT2D eigenvalue weighted by Crippen LogP contribution is 2.15. The Kier molecular flexibility index (Phi) is 9.22. The molecule has 0 radical (unpaired) electrons. The minimum absolute atomic E-state index is 0.397. The summed E-state index contributed by atoms with van der Waals surface area (Å²) in [6.45, 7) is 11.1. The van der Waals surface area contributed by atoms with E-state index < -0.39 is 6.10 Å². The molecule has 0 aliphatic carbocycles. The number of hydrogen-bond acceptors (Lipinski definition) is 4. The summed E-state index contributed by atoms with van der Waals surface area (Å²) in [5, 5.41) is 10.3. The van der Waals surface area contributed by atoms with Crippen LogP contribution in [0.4, 0.5) is 0 Å². The fourth-order valence-corrected chi connectivity index (χ4v) is 2.39. The van der Waals surface area contributed by atoms with E-state index in [1.807, 2.05) is 12.1 Å². The van der Waals surface area contributed by atoms with Crippen molar-refractivity contribution >= 4 is 0 Å². The Morgan fingerprint density at radius 2 is 1.74 bits per heavy atom. The lowest BCUT2D eigenvalue weighted by Gasteiger charge is -2.30. The molecule has 0 aliphatic rings. The molecule has 0 heterocycles. The molecular formula is C19H33NO3. The molecule has 1 rings (SSSR count). The highest BCUT2D eigenvalue weighted by atomic mass is 16.5. The van der Waals surface area contributed by atoms with Crippen LogP contribution in [0.15, 0.2) is 24.3 Å². The topological polar surface area (TPSA) is 41.9 Å². The van der Waals surface area contributed by atoms with Crippen LogP contribution in [0.1, 0.15) is 39.7 Å². The fraction of sp³-hybridized carbons (Fsp3) is 0.684. The maximum atomic E-state index is 10.3. The second-order valence-corrected chi connectivity index (χ2v) is 6.62. The molecule has 0 aromatic heterocycles. The third-order valence-electron chi connectivity index (χ3n) is 3.97. The zero-order valence-electron chi connectivity index (χ0n) is 15.3. The molecule has 0 bridgehead atoms. The van der Waals surface area contributed by atoms with Crippen LogP contribution in [-0.2, 0) is 11.3 Å². The van der Waals surface area contributed by atoms with E-state index in [1.54, 1.807) is 7.11 Å². The highest BCUT2D eigenvalue weighted by Gasteiger charge is 2.17. The lowest BCUT2D eigenvalue weighted by Crippen LogP contribution is -2.40. The van der Waals surface area contributed by atoms with Crippen LogP contribution in [0.3, 0.4) is 0 Å². The number of rotatable bonds is 11. The number of aliphatic hydroxyl groups excluding tert-OH is 1. The van der Waals surface area contributed by atoms with E-state index in [-0.39, 0.29) is 0 Å². The van der Waals surface area contributed by atoms with Gasteiger partial charge in [0.2, 0.25) is 0 Å². The monoisotopic (exact) mass is 323 g/mol. The van der Waals surface area contributed by atoms with E-state index in [9.17, 15) is 5.11 Å².